The molecule has 1 aromatic rings. The van der Waals surface area contributed by atoms with Crippen molar-refractivity contribution in [3.05, 3.63) is 28.7 Å². The number of carbonyl (C=O) groups excluding carboxylic acids is 1. The van der Waals surface area contributed by atoms with Crippen LogP contribution >= 0.6 is 15.9 Å². The summed E-state index contributed by atoms with van der Waals surface area (Å²) in [5.41, 5.74) is 0.633. The summed E-state index contributed by atoms with van der Waals surface area (Å²) < 4.78 is 25.3. The number of hydrogen-bond acceptors (Lipinski definition) is 3. The number of carbonyl (C=O) groups is 1. The first-order valence-electron chi connectivity index (χ1n) is 6.33. The van der Waals surface area contributed by atoms with E-state index in [0.29, 0.717) is 12.2 Å². The monoisotopic (exact) mass is 362 g/mol. The molecule has 0 bridgehead atoms. The topological polar surface area (TPSA) is 66.5 Å². The first-order chi connectivity index (χ1) is 9.32. The molecule has 5 nitrogen and oxygen atoms in total. The highest BCUT2D eigenvalue weighted by molar-refractivity contribution is 9.10. The maximum absolute atomic E-state index is 11.9. The molecule has 7 heteroatoms. The Bertz CT molecular complexity index is 560. The van der Waals surface area contributed by atoms with E-state index in [1.54, 1.807) is 18.2 Å². The third-order valence-corrected chi connectivity index (χ3v) is 4.40. The van der Waals surface area contributed by atoms with Crippen LogP contribution < -0.4 is 5.32 Å². The van der Waals surface area contributed by atoms with Gasteiger partial charge < -0.3 is 5.32 Å². The summed E-state index contributed by atoms with van der Waals surface area (Å²) in [7, 11) is -3.37. The van der Waals surface area contributed by atoms with E-state index in [-0.39, 0.29) is 12.5 Å². The minimum atomic E-state index is -3.37. The van der Waals surface area contributed by atoms with E-state index in [0.717, 1.165) is 23.6 Å². The van der Waals surface area contributed by atoms with Crippen LogP contribution in [0.1, 0.15) is 19.8 Å². The number of rotatable bonds is 7. The predicted octanol–water partition coefficient (Wildman–Crippen LogP) is 2.45. The number of sulfonamides is 1. The minimum Gasteiger partial charge on any atom is -0.325 e. The van der Waals surface area contributed by atoms with Crippen LogP contribution in [-0.4, -0.2) is 38.0 Å². The van der Waals surface area contributed by atoms with Gasteiger partial charge in [-0.3, -0.25) is 4.79 Å². The van der Waals surface area contributed by atoms with Crippen LogP contribution in [0.3, 0.4) is 0 Å². The maximum atomic E-state index is 11.9. The molecule has 0 saturated carbocycles. The van der Waals surface area contributed by atoms with Gasteiger partial charge in [-0.1, -0.05) is 35.3 Å². The van der Waals surface area contributed by atoms with Gasteiger partial charge in [0.25, 0.3) is 0 Å². The second-order valence-corrected chi connectivity index (χ2v) is 7.41. The van der Waals surface area contributed by atoms with E-state index < -0.39 is 10.0 Å². The van der Waals surface area contributed by atoms with E-state index in [1.165, 1.54) is 4.31 Å². The SMILES string of the molecule is CCCCN(CC(=O)Nc1cccc(Br)c1)S(C)(=O)=O. The molecular formula is C13H19BrN2O3S. The van der Waals surface area contributed by atoms with Gasteiger partial charge in [0, 0.05) is 16.7 Å². The molecule has 0 aromatic heterocycles. The first-order valence-corrected chi connectivity index (χ1v) is 8.97. The third-order valence-electron chi connectivity index (χ3n) is 2.66. The summed E-state index contributed by atoms with van der Waals surface area (Å²) in [5, 5.41) is 2.69. The molecule has 0 radical (unpaired) electrons. The molecule has 0 atom stereocenters. The van der Waals surface area contributed by atoms with Crippen LogP contribution in [0.25, 0.3) is 0 Å². The van der Waals surface area contributed by atoms with Crippen LogP contribution in [0.15, 0.2) is 28.7 Å². The van der Waals surface area contributed by atoms with Crippen LogP contribution in [0.5, 0.6) is 0 Å². The summed E-state index contributed by atoms with van der Waals surface area (Å²) >= 11 is 3.31. The first kappa shape index (κ1) is 17.1. The summed E-state index contributed by atoms with van der Waals surface area (Å²) in [6.07, 6.45) is 2.73. The van der Waals surface area contributed by atoms with Gasteiger partial charge in [0.2, 0.25) is 15.9 Å². The van der Waals surface area contributed by atoms with Gasteiger partial charge in [0.1, 0.15) is 0 Å². The van der Waals surface area contributed by atoms with Crippen molar-refractivity contribution in [3.8, 4) is 0 Å². The Kier molecular flexibility index (Phi) is 6.64. The highest BCUT2D eigenvalue weighted by atomic mass is 79.9. The Morgan fingerprint density at radius 1 is 1.40 bits per heavy atom. The average Bonchev–Trinajstić information content (AvgIpc) is 2.33. The van der Waals surface area contributed by atoms with Gasteiger partial charge in [0.15, 0.2) is 0 Å². The highest BCUT2D eigenvalue weighted by Gasteiger charge is 2.19. The third kappa shape index (κ3) is 6.02. The van der Waals surface area contributed by atoms with E-state index in [1.807, 2.05) is 13.0 Å². The second kappa shape index (κ2) is 7.75. The lowest BCUT2D eigenvalue weighted by molar-refractivity contribution is -0.116. The average molecular weight is 363 g/mol. The van der Waals surface area contributed by atoms with Gasteiger partial charge in [0.05, 0.1) is 12.8 Å². The van der Waals surface area contributed by atoms with Crippen LogP contribution in [-0.2, 0) is 14.8 Å². The Labute approximate surface area is 128 Å². The zero-order valence-corrected chi connectivity index (χ0v) is 14.0. The Hall–Kier alpha value is -0.920. The molecule has 0 saturated heterocycles. The summed E-state index contributed by atoms with van der Waals surface area (Å²) in [6, 6.07) is 7.15. The smallest absolute Gasteiger partial charge is 0.239 e. The van der Waals surface area contributed by atoms with E-state index in [4.69, 9.17) is 0 Å². The van der Waals surface area contributed by atoms with Gasteiger partial charge >= 0.3 is 0 Å². The Morgan fingerprint density at radius 2 is 2.10 bits per heavy atom. The minimum absolute atomic E-state index is 0.161. The van der Waals surface area contributed by atoms with Crippen LogP contribution in [0.4, 0.5) is 5.69 Å². The van der Waals surface area contributed by atoms with Gasteiger partial charge in [-0.05, 0) is 24.6 Å². The summed E-state index contributed by atoms with van der Waals surface area (Å²) in [4.78, 5) is 11.9. The molecule has 0 aliphatic carbocycles. The lowest BCUT2D eigenvalue weighted by Gasteiger charge is -2.19. The molecule has 0 unspecified atom stereocenters. The van der Waals surface area contributed by atoms with Gasteiger partial charge in [-0.25, -0.2) is 8.42 Å². The number of amides is 1. The highest BCUT2D eigenvalue weighted by Crippen LogP contribution is 2.15. The van der Waals surface area contributed by atoms with Crippen LogP contribution in [0.2, 0.25) is 0 Å². The van der Waals surface area contributed by atoms with Gasteiger partial charge in [-0.15, -0.1) is 0 Å². The lowest BCUT2D eigenvalue weighted by atomic mass is 10.3. The summed E-state index contributed by atoms with van der Waals surface area (Å²) in [5.74, 6) is -0.343. The molecule has 0 fully saturated rings. The van der Waals surface area contributed by atoms with E-state index in [9.17, 15) is 13.2 Å². The number of halogens is 1. The molecule has 1 amide bonds. The molecule has 0 aliphatic rings. The normalized spacial score (nSPS) is 11.6. The Morgan fingerprint density at radius 3 is 2.65 bits per heavy atom. The molecule has 1 aromatic carbocycles. The number of nitrogens with one attached hydrogen (secondary N) is 1. The van der Waals surface area contributed by atoms with Crippen molar-refractivity contribution in [2.24, 2.45) is 0 Å². The lowest BCUT2D eigenvalue weighted by Crippen LogP contribution is -2.37. The van der Waals surface area contributed by atoms with Crippen molar-refractivity contribution >= 4 is 37.5 Å². The van der Waals surface area contributed by atoms with Crippen molar-refractivity contribution in [1.29, 1.82) is 0 Å². The number of hydrogen-bond donors (Lipinski definition) is 1. The zero-order chi connectivity index (χ0) is 15.2. The zero-order valence-electron chi connectivity index (χ0n) is 11.6. The van der Waals surface area contributed by atoms with Crippen molar-refractivity contribution in [1.82, 2.24) is 4.31 Å². The van der Waals surface area contributed by atoms with Crippen molar-refractivity contribution < 1.29 is 13.2 Å². The molecular weight excluding hydrogens is 344 g/mol. The molecule has 1 rings (SSSR count). The number of nitrogens with zero attached hydrogens (tertiary/aromatic N) is 1. The van der Waals surface area contributed by atoms with Crippen molar-refractivity contribution in [2.75, 3.05) is 24.7 Å². The van der Waals surface area contributed by atoms with Crippen molar-refractivity contribution in [2.45, 2.75) is 19.8 Å². The van der Waals surface area contributed by atoms with E-state index in [2.05, 4.69) is 21.2 Å². The standard InChI is InChI=1S/C13H19BrN2O3S/c1-3-4-8-16(20(2,18)19)10-13(17)15-12-7-5-6-11(14)9-12/h5-7,9H,3-4,8,10H2,1-2H3,(H,15,17). The van der Waals surface area contributed by atoms with Crippen molar-refractivity contribution in [3.63, 3.8) is 0 Å². The number of anilines is 1. The molecule has 1 N–H and O–H groups in total. The molecule has 20 heavy (non-hydrogen) atoms. The van der Waals surface area contributed by atoms with Crippen LogP contribution in [0, 0.1) is 0 Å². The fourth-order valence-corrected chi connectivity index (χ4v) is 2.84. The molecule has 0 heterocycles. The molecule has 0 spiro atoms. The summed E-state index contributed by atoms with van der Waals surface area (Å²) in [6.45, 7) is 2.18. The molecule has 112 valence electrons. The van der Waals surface area contributed by atoms with Gasteiger partial charge in [-0.2, -0.15) is 4.31 Å². The fourth-order valence-electron chi connectivity index (χ4n) is 1.62. The largest absolute Gasteiger partial charge is 0.325 e. The number of benzene rings is 1. The number of unbranched alkanes of at least 4 members (excludes halogenated alkanes) is 1. The second-order valence-electron chi connectivity index (χ2n) is 4.51. The van der Waals surface area contributed by atoms with E-state index >= 15 is 0 Å². The Balaban J connectivity index is 2.67. The quantitative estimate of drug-likeness (QED) is 0.809. The predicted molar refractivity (Wildman–Crippen MR) is 84.1 cm³/mol. The maximum Gasteiger partial charge on any atom is 0.239 e. The fraction of sp³-hybridized carbons (Fsp3) is 0.462. The molecule has 0 aliphatic heterocycles.